The minimum Gasteiger partial charge on any atom is -0.497 e. The van der Waals surface area contributed by atoms with Gasteiger partial charge < -0.3 is 19.7 Å². The summed E-state index contributed by atoms with van der Waals surface area (Å²) in [4.78, 5) is 39.8. The number of hydrogen-bond acceptors (Lipinski definition) is 6. The van der Waals surface area contributed by atoms with Crippen LogP contribution in [0.15, 0.2) is 24.3 Å². The van der Waals surface area contributed by atoms with Crippen molar-refractivity contribution < 1.29 is 23.9 Å². The number of benzene rings is 1. The number of carbonyl (C=O) groups excluding carboxylic acids is 3. The topological polar surface area (TPSA) is 84.9 Å². The molecule has 0 bridgehead atoms. The van der Waals surface area contributed by atoms with Gasteiger partial charge in [-0.2, -0.15) is 0 Å². The minimum atomic E-state index is -0.497. The lowest BCUT2D eigenvalue weighted by Crippen LogP contribution is -2.28. The van der Waals surface area contributed by atoms with Gasteiger partial charge in [-0.25, -0.2) is 4.79 Å². The summed E-state index contributed by atoms with van der Waals surface area (Å²) in [6.45, 7) is 3.98. The van der Waals surface area contributed by atoms with Gasteiger partial charge in [0.2, 0.25) is 11.8 Å². The third-order valence-electron chi connectivity index (χ3n) is 4.89. The first kappa shape index (κ1) is 19.9. The Morgan fingerprint density at radius 2 is 1.86 bits per heavy atom. The van der Waals surface area contributed by atoms with Crippen LogP contribution in [0.25, 0.3) is 0 Å². The van der Waals surface area contributed by atoms with Gasteiger partial charge in [-0.1, -0.05) is 0 Å². The number of thiophene rings is 1. The Bertz CT molecular complexity index is 919. The second-order valence-corrected chi connectivity index (χ2v) is 7.80. The molecule has 148 valence electrons. The summed E-state index contributed by atoms with van der Waals surface area (Å²) >= 11 is 1.33. The molecule has 0 saturated carbocycles. The van der Waals surface area contributed by atoms with Crippen molar-refractivity contribution in [2.24, 2.45) is 5.92 Å². The maximum atomic E-state index is 12.8. The number of amides is 2. The zero-order valence-corrected chi connectivity index (χ0v) is 17.0. The van der Waals surface area contributed by atoms with Crippen molar-refractivity contribution >= 4 is 39.8 Å². The SMILES string of the molecule is COC(=O)c1c(NC(=O)[C@H]2CC(=O)N(c3ccc(OC)cc3)C2)sc(C)c1C. The van der Waals surface area contributed by atoms with E-state index in [0.717, 1.165) is 16.1 Å². The molecule has 0 radical (unpaired) electrons. The summed E-state index contributed by atoms with van der Waals surface area (Å²) in [5, 5.41) is 3.28. The molecular weight excluding hydrogens is 380 g/mol. The Balaban J connectivity index is 1.75. The summed E-state index contributed by atoms with van der Waals surface area (Å²) in [7, 11) is 2.88. The molecule has 1 aliphatic rings. The second-order valence-electron chi connectivity index (χ2n) is 6.57. The summed E-state index contributed by atoms with van der Waals surface area (Å²) < 4.78 is 9.96. The molecule has 28 heavy (non-hydrogen) atoms. The predicted molar refractivity (Wildman–Crippen MR) is 107 cm³/mol. The first-order chi connectivity index (χ1) is 13.3. The van der Waals surface area contributed by atoms with E-state index in [1.54, 1.807) is 36.3 Å². The molecule has 1 aromatic carbocycles. The fourth-order valence-corrected chi connectivity index (χ4v) is 4.22. The predicted octanol–water partition coefficient (Wildman–Crippen LogP) is 3.15. The number of aryl methyl sites for hydroxylation is 1. The van der Waals surface area contributed by atoms with Crippen LogP contribution in [-0.2, 0) is 14.3 Å². The number of esters is 1. The van der Waals surface area contributed by atoms with Crippen molar-refractivity contribution in [3.8, 4) is 5.75 Å². The van der Waals surface area contributed by atoms with E-state index in [9.17, 15) is 14.4 Å². The normalized spacial score (nSPS) is 16.2. The van der Waals surface area contributed by atoms with E-state index in [1.165, 1.54) is 18.4 Å². The van der Waals surface area contributed by atoms with Gasteiger partial charge in [0.1, 0.15) is 10.8 Å². The summed E-state index contributed by atoms with van der Waals surface area (Å²) in [6, 6.07) is 7.13. The number of methoxy groups -OCH3 is 2. The van der Waals surface area contributed by atoms with Crippen LogP contribution in [0, 0.1) is 19.8 Å². The standard InChI is InChI=1S/C20H22N2O5S/c1-11-12(2)28-19(17(11)20(25)27-4)21-18(24)13-9-16(23)22(10-13)14-5-7-15(26-3)8-6-14/h5-8,13H,9-10H2,1-4H3,(H,21,24)/t13-/m0/s1. The Morgan fingerprint density at radius 1 is 1.18 bits per heavy atom. The van der Waals surface area contributed by atoms with Gasteiger partial charge in [0.15, 0.2) is 0 Å². The smallest absolute Gasteiger partial charge is 0.341 e. The van der Waals surface area contributed by atoms with Gasteiger partial charge in [0.25, 0.3) is 0 Å². The Hall–Kier alpha value is -2.87. The largest absolute Gasteiger partial charge is 0.497 e. The molecule has 1 fully saturated rings. The lowest BCUT2D eigenvalue weighted by Gasteiger charge is -2.17. The molecule has 0 spiro atoms. The fourth-order valence-electron chi connectivity index (χ4n) is 3.17. The molecule has 1 aromatic heterocycles. The molecule has 0 unspecified atom stereocenters. The number of nitrogens with one attached hydrogen (secondary N) is 1. The van der Waals surface area contributed by atoms with E-state index in [0.29, 0.717) is 16.3 Å². The molecule has 2 heterocycles. The number of nitrogens with zero attached hydrogens (tertiary/aromatic N) is 1. The lowest BCUT2D eigenvalue weighted by molar-refractivity contribution is -0.122. The molecule has 8 heteroatoms. The van der Waals surface area contributed by atoms with Gasteiger partial charge in [-0.3, -0.25) is 9.59 Å². The highest BCUT2D eigenvalue weighted by Gasteiger charge is 2.36. The molecule has 1 aliphatic heterocycles. The molecule has 3 rings (SSSR count). The van der Waals surface area contributed by atoms with Crippen molar-refractivity contribution in [2.75, 3.05) is 31.0 Å². The molecule has 1 atom stereocenters. The van der Waals surface area contributed by atoms with Crippen molar-refractivity contribution in [3.63, 3.8) is 0 Å². The molecular formula is C20H22N2O5S. The van der Waals surface area contributed by atoms with Crippen LogP contribution < -0.4 is 15.0 Å². The van der Waals surface area contributed by atoms with Crippen molar-refractivity contribution in [3.05, 3.63) is 40.3 Å². The third-order valence-corrected chi connectivity index (χ3v) is 6.01. The fraction of sp³-hybridized carbons (Fsp3) is 0.350. The number of rotatable bonds is 5. The highest BCUT2D eigenvalue weighted by atomic mass is 32.1. The van der Waals surface area contributed by atoms with Crippen LogP contribution in [0.2, 0.25) is 0 Å². The Labute approximate surface area is 167 Å². The first-order valence-electron chi connectivity index (χ1n) is 8.79. The van der Waals surface area contributed by atoms with Crippen LogP contribution in [-0.4, -0.2) is 38.5 Å². The molecule has 1 N–H and O–H groups in total. The van der Waals surface area contributed by atoms with Crippen LogP contribution >= 0.6 is 11.3 Å². The van der Waals surface area contributed by atoms with Gasteiger partial charge in [-0.05, 0) is 43.7 Å². The molecule has 2 amide bonds. The van der Waals surface area contributed by atoms with Gasteiger partial charge in [0, 0.05) is 23.5 Å². The molecule has 0 aliphatic carbocycles. The lowest BCUT2D eigenvalue weighted by atomic mass is 10.1. The number of anilines is 2. The summed E-state index contributed by atoms with van der Waals surface area (Å²) in [6.07, 6.45) is 0.120. The second kappa shape index (κ2) is 8.02. The maximum Gasteiger partial charge on any atom is 0.341 e. The first-order valence-corrected chi connectivity index (χ1v) is 9.61. The highest BCUT2D eigenvalue weighted by Crippen LogP contribution is 2.34. The van der Waals surface area contributed by atoms with Gasteiger partial charge >= 0.3 is 5.97 Å². The third kappa shape index (κ3) is 3.73. The van der Waals surface area contributed by atoms with E-state index in [-0.39, 0.29) is 24.8 Å². The number of ether oxygens (including phenoxy) is 2. The summed E-state index contributed by atoms with van der Waals surface area (Å²) in [5.41, 5.74) is 1.88. The molecule has 7 nitrogen and oxygen atoms in total. The van der Waals surface area contributed by atoms with Crippen LogP contribution in [0.3, 0.4) is 0 Å². The molecule has 1 saturated heterocycles. The quantitative estimate of drug-likeness (QED) is 0.777. The Kier molecular flexibility index (Phi) is 5.69. The maximum absolute atomic E-state index is 12.8. The average molecular weight is 402 g/mol. The van der Waals surface area contributed by atoms with Crippen molar-refractivity contribution in [2.45, 2.75) is 20.3 Å². The van der Waals surface area contributed by atoms with E-state index in [4.69, 9.17) is 9.47 Å². The molecule has 2 aromatic rings. The minimum absolute atomic E-state index is 0.114. The van der Waals surface area contributed by atoms with Gasteiger partial charge in [0.05, 0.1) is 25.7 Å². The highest BCUT2D eigenvalue weighted by molar-refractivity contribution is 7.16. The zero-order chi connectivity index (χ0) is 20.4. The van der Waals surface area contributed by atoms with E-state index in [2.05, 4.69) is 5.32 Å². The number of carbonyl (C=O) groups is 3. The van der Waals surface area contributed by atoms with Crippen LogP contribution in [0.5, 0.6) is 5.75 Å². The summed E-state index contributed by atoms with van der Waals surface area (Å²) in [5.74, 6) is -0.682. The average Bonchev–Trinajstić information content (AvgIpc) is 3.21. The van der Waals surface area contributed by atoms with Crippen molar-refractivity contribution in [1.82, 2.24) is 0 Å². The van der Waals surface area contributed by atoms with Gasteiger partial charge in [-0.15, -0.1) is 11.3 Å². The van der Waals surface area contributed by atoms with E-state index >= 15 is 0 Å². The van der Waals surface area contributed by atoms with E-state index < -0.39 is 11.9 Å². The zero-order valence-electron chi connectivity index (χ0n) is 16.2. The van der Waals surface area contributed by atoms with Crippen LogP contribution in [0.4, 0.5) is 10.7 Å². The number of hydrogen-bond donors (Lipinski definition) is 1. The Morgan fingerprint density at radius 3 is 2.46 bits per heavy atom. The van der Waals surface area contributed by atoms with Crippen LogP contribution in [0.1, 0.15) is 27.2 Å². The van der Waals surface area contributed by atoms with E-state index in [1.807, 2.05) is 13.8 Å². The monoisotopic (exact) mass is 402 g/mol. The van der Waals surface area contributed by atoms with Crippen molar-refractivity contribution in [1.29, 1.82) is 0 Å².